The van der Waals surface area contributed by atoms with Gasteiger partial charge in [-0.15, -0.1) is 0 Å². The third kappa shape index (κ3) is 1.64. The number of carboxylic acids is 1. The van der Waals surface area contributed by atoms with Crippen LogP contribution in [0.4, 0.5) is 0 Å². The van der Waals surface area contributed by atoms with Crippen LogP contribution in [0.25, 0.3) is 10.9 Å². The molecule has 4 nitrogen and oxygen atoms in total. The molecule has 1 heterocycles. The third-order valence-corrected chi connectivity index (χ3v) is 4.44. The summed E-state index contributed by atoms with van der Waals surface area (Å²) in [7, 11) is 3.66. The summed E-state index contributed by atoms with van der Waals surface area (Å²) in [5.74, 6) is -0.305. The predicted octanol–water partition coefficient (Wildman–Crippen LogP) is 3.00. The molecule has 0 fully saturated rings. The summed E-state index contributed by atoms with van der Waals surface area (Å²) < 4.78 is 7.59. The molecule has 0 bridgehead atoms. The number of carboxylic acid groups (broad SMARTS) is 1. The molecule has 1 aliphatic carbocycles. The number of nitrogens with zero attached hydrogens (tertiary/aromatic N) is 1. The van der Waals surface area contributed by atoms with E-state index in [9.17, 15) is 9.90 Å². The fourth-order valence-corrected chi connectivity index (χ4v) is 3.51. The molecule has 1 aromatic carbocycles. The van der Waals surface area contributed by atoms with Crippen molar-refractivity contribution in [1.82, 2.24) is 4.57 Å². The zero-order chi connectivity index (χ0) is 14.4. The zero-order valence-corrected chi connectivity index (χ0v) is 12.1. The van der Waals surface area contributed by atoms with Gasteiger partial charge in [0.1, 0.15) is 5.75 Å². The number of ether oxygens (including phenoxy) is 1. The molecule has 1 unspecified atom stereocenters. The first-order valence-corrected chi connectivity index (χ1v) is 6.93. The summed E-state index contributed by atoms with van der Waals surface area (Å²) >= 11 is 0. The standard InChI is InChI=1S/C16H19NO3/c1-9-7-8-12(20-3)15-13(9)14-10(16(18)19)5-4-6-11(14)17(15)2/h7-8,10H,4-6H2,1-3H3,(H,18,19). The van der Waals surface area contributed by atoms with Crippen LogP contribution in [0.2, 0.25) is 0 Å². The molecular formula is C16H19NO3. The molecule has 1 N–H and O–H groups in total. The van der Waals surface area contributed by atoms with Crippen LogP contribution < -0.4 is 4.74 Å². The van der Waals surface area contributed by atoms with E-state index in [1.165, 1.54) is 0 Å². The molecule has 0 aliphatic heterocycles. The van der Waals surface area contributed by atoms with Gasteiger partial charge in [0.25, 0.3) is 0 Å². The largest absolute Gasteiger partial charge is 0.495 e. The Bertz CT molecular complexity index is 700. The monoisotopic (exact) mass is 273 g/mol. The van der Waals surface area contributed by atoms with Gasteiger partial charge >= 0.3 is 5.97 Å². The second-order valence-corrected chi connectivity index (χ2v) is 5.51. The van der Waals surface area contributed by atoms with Crippen LogP contribution in [0, 0.1) is 6.92 Å². The van der Waals surface area contributed by atoms with Gasteiger partial charge in [0.15, 0.2) is 0 Å². The Kier molecular flexibility index (Phi) is 2.96. The topological polar surface area (TPSA) is 51.5 Å². The molecule has 1 atom stereocenters. The molecule has 0 amide bonds. The molecule has 2 aromatic rings. The van der Waals surface area contributed by atoms with Crippen LogP contribution in [0.3, 0.4) is 0 Å². The maximum absolute atomic E-state index is 11.6. The van der Waals surface area contributed by atoms with E-state index in [4.69, 9.17) is 4.74 Å². The molecule has 20 heavy (non-hydrogen) atoms. The second kappa shape index (κ2) is 4.54. The maximum Gasteiger partial charge on any atom is 0.311 e. The van der Waals surface area contributed by atoms with E-state index in [0.29, 0.717) is 0 Å². The van der Waals surface area contributed by atoms with Gasteiger partial charge in [0.2, 0.25) is 0 Å². The number of rotatable bonds is 2. The molecule has 4 heteroatoms. The van der Waals surface area contributed by atoms with Gasteiger partial charge in [-0.2, -0.15) is 0 Å². The molecule has 3 rings (SSSR count). The number of hydrogen-bond donors (Lipinski definition) is 1. The minimum absolute atomic E-state index is 0.395. The highest BCUT2D eigenvalue weighted by Gasteiger charge is 2.32. The lowest BCUT2D eigenvalue weighted by atomic mass is 9.84. The van der Waals surface area contributed by atoms with E-state index in [-0.39, 0.29) is 0 Å². The first-order chi connectivity index (χ1) is 9.56. The Hall–Kier alpha value is -1.97. The molecule has 1 aliphatic rings. The van der Waals surface area contributed by atoms with Crippen molar-refractivity contribution in [3.63, 3.8) is 0 Å². The summed E-state index contributed by atoms with van der Waals surface area (Å²) in [4.78, 5) is 11.6. The Morgan fingerprint density at radius 2 is 2.20 bits per heavy atom. The SMILES string of the molecule is COc1ccc(C)c2c3c(n(C)c12)CCCC3C(=O)O. The van der Waals surface area contributed by atoms with Crippen LogP contribution in [0.1, 0.15) is 35.6 Å². The second-order valence-electron chi connectivity index (χ2n) is 5.51. The molecule has 0 spiro atoms. The quantitative estimate of drug-likeness (QED) is 0.915. The number of aryl methyl sites for hydroxylation is 2. The van der Waals surface area contributed by atoms with Crippen molar-refractivity contribution < 1.29 is 14.6 Å². The van der Waals surface area contributed by atoms with Gasteiger partial charge in [-0.1, -0.05) is 6.07 Å². The van der Waals surface area contributed by atoms with Crippen molar-refractivity contribution in [3.8, 4) is 5.75 Å². The summed E-state index contributed by atoms with van der Waals surface area (Å²) in [6, 6.07) is 3.97. The Morgan fingerprint density at radius 1 is 1.45 bits per heavy atom. The van der Waals surface area contributed by atoms with Crippen LogP contribution in [-0.2, 0) is 18.3 Å². The van der Waals surface area contributed by atoms with E-state index in [1.54, 1.807) is 7.11 Å². The van der Waals surface area contributed by atoms with E-state index < -0.39 is 11.9 Å². The smallest absolute Gasteiger partial charge is 0.311 e. The summed E-state index contributed by atoms with van der Waals surface area (Å²) in [6.45, 7) is 2.04. The lowest BCUT2D eigenvalue weighted by Gasteiger charge is -2.20. The Morgan fingerprint density at radius 3 is 2.85 bits per heavy atom. The highest BCUT2D eigenvalue weighted by molar-refractivity contribution is 5.97. The number of carbonyl (C=O) groups is 1. The van der Waals surface area contributed by atoms with Crippen molar-refractivity contribution in [2.45, 2.75) is 32.1 Å². The lowest BCUT2D eigenvalue weighted by Crippen LogP contribution is -2.18. The van der Waals surface area contributed by atoms with Gasteiger partial charge in [0, 0.05) is 18.1 Å². The zero-order valence-electron chi connectivity index (χ0n) is 12.1. The van der Waals surface area contributed by atoms with Crippen LogP contribution in [-0.4, -0.2) is 22.8 Å². The minimum Gasteiger partial charge on any atom is -0.495 e. The Labute approximate surface area is 118 Å². The lowest BCUT2D eigenvalue weighted by molar-refractivity contribution is -0.139. The first-order valence-electron chi connectivity index (χ1n) is 6.93. The number of fused-ring (bicyclic) bond motifs is 3. The fourth-order valence-electron chi connectivity index (χ4n) is 3.51. The third-order valence-electron chi connectivity index (χ3n) is 4.44. The van der Waals surface area contributed by atoms with Crippen molar-refractivity contribution in [3.05, 3.63) is 29.0 Å². The number of benzene rings is 1. The number of methoxy groups -OCH3 is 1. The highest BCUT2D eigenvalue weighted by atomic mass is 16.5. The van der Waals surface area contributed by atoms with Gasteiger partial charge in [-0.3, -0.25) is 4.79 Å². The molecule has 0 radical (unpaired) electrons. The summed E-state index contributed by atoms with van der Waals surface area (Å²) in [5, 5.41) is 10.6. The molecular weight excluding hydrogens is 254 g/mol. The highest BCUT2D eigenvalue weighted by Crippen LogP contribution is 2.42. The molecule has 106 valence electrons. The van der Waals surface area contributed by atoms with Gasteiger partial charge in [-0.05, 0) is 43.4 Å². The minimum atomic E-state index is -0.722. The average Bonchev–Trinajstić information content (AvgIpc) is 2.74. The number of aromatic nitrogens is 1. The Balaban J connectivity index is 2.43. The van der Waals surface area contributed by atoms with Crippen LogP contribution in [0.15, 0.2) is 12.1 Å². The number of aliphatic carboxylic acids is 1. The van der Waals surface area contributed by atoms with Crippen molar-refractivity contribution in [2.75, 3.05) is 7.11 Å². The normalized spacial score (nSPS) is 18.1. The van der Waals surface area contributed by atoms with Gasteiger partial charge < -0.3 is 14.4 Å². The van der Waals surface area contributed by atoms with Gasteiger partial charge in [-0.25, -0.2) is 0 Å². The van der Waals surface area contributed by atoms with Crippen LogP contribution in [0.5, 0.6) is 5.75 Å². The van der Waals surface area contributed by atoms with E-state index >= 15 is 0 Å². The van der Waals surface area contributed by atoms with Gasteiger partial charge in [0.05, 0.1) is 18.5 Å². The summed E-state index contributed by atoms with van der Waals surface area (Å²) in [5.41, 5.74) is 4.28. The molecule has 1 aromatic heterocycles. The average molecular weight is 273 g/mol. The molecule has 0 saturated heterocycles. The van der Waals surface area contributed by atoms with Crippen LogP contribution >= 0.6 is 0 Å². The predicted molar refractivity (Wildman–Crippen MR) is 77.5 cm³/mol. The number of hydrogen-bond acceptors (Lipinski definition) is 2. The maximum atomic E-state index is 11.6. The van der Waals surface area contributed by atoms with Crippen molar-refractivity contribution in [2.24, 2.45) is 7.05 Å². The van der Waals surface area contributed by atoms with Crippen molar-refractivity contribution >= 4 is 16.9 Å². The molecule has 0 saturated carbocycles. The van der Waals surface area contributed by atoms with E-state index in [2.05, 4.69) is 4.57 Å². The van der Waals surface area contributed by atoms with E-state index in [0.717, 1.165) is 52.7 Å². The van der Waals surface area contributed by atoms with E-state index in [1.807, 2.05) is 26.1 Å². The summed E-state index contributed by atoms with van der Waals surface area (Å²) in [6.07, 6.45) is 2.58. The first kappa shape index (κ1) is 13.0. The van der Waals surface area contributed by atoms with Crippen molar-refractivity contribution in [1.29, 1.82) is 0 Å². The fraction of sp³-hybridized carbons (Fsp3) is 0.438.